The lowest BCUT2D eigenvalue weighted by molar-refractivity contribution is 0.0996. The first kappa shape index (κ1) is 8.45. The van der Waals surface area contributed by atoms with Crippen molar-refractivity contribution in [1.29, 1.82) is 0 Å². The van der Waals surface area contributed by atoms with Gasteiger partial charge in [0.2, 0.25) is 0 Å². The Balaban J connectivity index is 3.20. The zero-order chi connectivity index (χ0) is 8.43. The van der Waals surface area contributed by atoms with Crippen LogP contribution < -0.4 is 5.73 Å². The van der Waals surface area contributed by atoms with Crippen molar-refractivity contribution < 1.29 is 9.18 Å². The Morgan fingerprint density at radius 2 is 2.18 bits per heavy atom. The number of amides is 1. The molecule has 11 heavy (non-hydrogen) atoms. The van der Waals surface area contributed by atoms with Crippen molar-refractivity contribution in [2.45, 2.75) is 0 Å². The SMILES string of the molecule is NC(=O)c1ccc(I)cc1F. The minimum atomic E-state index is -0.737. The summed E-state index contributed by atoms with van der Waals surface area (Å²) in [5.74, 6) is -1.30. The topological polar surface area (TPSA) is 43.1 Å². The number of carbonyl (C=O) groups excluding carboxylic acids is 1. The lowest BCUT2D eigenvalue weighted by atomic mass is 10.2. The van der Waals surface area contributed by atoms with Gasteiger partial charge in [0.15, 0.2) is 0 Å². The van der Waals surface area contributed by atoms with Gasteiger partial charge in [0.05, 0.1) is 5.56 Å². The number of rotatable bonds is 1. The van der Waals surface area contributed by atoms with Crippen molar-refractivity contribution in [3.05, 3.63) is 33.1 Å². The first-order chi connectivity index (χ1) is 5.11. The first-order valence-electron chi connectivity index (χ1n) is 2.86. The Morgan fingerprint density at radius 3 is 2.64 bits per heavy atom. The molecule has 1 amide bonds. The lowest BCUT2D eigenvalue weighted by Gasteiger charge is -1.96. The molecule has 1 aromatic carbocycles. The summed E-state index contributed by atoms with van der Waals surface area (Å²) in [6, 6.07) is 4.27. The van der Waals surface area contributed by atoms with E-state index in [9.17, 15) is 9.18 Å². The molecule has 0 saturated carbocycles. The molecule has 1 rings (SSSR count). The molecule has 0 bridgehead atoms. The molecule has 4 heteroatoms. The van der Waals surface area contributed by atoms with Crippen molar-refractivity contribution in [2.75, 3.05) is 0 Å². The van der Waals surface area contributed by atoms with Gasteiger partial charge in [-0.2, -0.15) is 0 Å². The van der Waals surface area contributed by atoms with E-state index >= 15 is 0 Å². The standard InChI is InChI=1S/C7H5FINO/c8-6-3-4(9)1-2-5(6)7(10)11/h1-3H,(H2,10,11). The van der Waals surface area contributed by atoms with Gasteiger partial charge in [0.1, 0.15) is 5.82 Å². The molecule has 0 saturated heterocycles. The van der Waals surface area contributed by atoms with Gasteiger partial charge >= 0.3 is 0 Å². The molecular weight excluding hydrogens is 260 g/mol. The fourth-order valence-electron chi connectivity index (χ4n) is 0.689. The van der Waals surface area contributed by atoms with Crippen LogP contribution >= 0.6 is 22.6 Å². The van der Waals surface area contributed by atoms with Crippen LogP contribution in [-0.2, 0) is 0 Å². The van der Waals surface area contributed by atoms with Gasteiger partial charge in [0, 0.05) is 3.57 Å². The number of hydrogen-bond donors (Lipinski definition) is 1. The molecule has 0 fully saturated rings. The van der Waals surface area contributed by atoms with E-state index in [0.717, 1.165) is 3.57 Å². The summed E-state index contributed by atoms with van der Waals surface area (Å²) in [6.45, 7) is 0. The van der Waals surface area contributed by atoms with E-state index in [1.165, 1.54) is 12.1 Å². The predicted molar refractivity (Wildman–Crippen MR) is 47.6 cm³/mol. The van der Waals surface area contributed by atoms with Crippen LogP contribution in [0.4, 0.5) is 4.39 Å². The van der Waals surface area contributed by atoms with Gasteiger partial charge in [-0.15, -0.1) is 0 Å². The molecule has 1 aromatic rings. The molecule has 0 aliphatic heterocycles. The minimum absolute atomic E-state index is 0.0644. The quantitative estimate of drug-likeness (QED) is 0.769. The van der Waals surface area contributed by atoms with Gasteiger partial charge < -0.3 is 5.73 Å². The molecule has 0 aliphatic carbocycles. The van der Waals surface area contributed by atoms with E-state index < -0.39 is 11.7 Å². The summed E-state index contributed by atoms with van der Waals surface area (Å²) in [5, 5.41) is 0. The fourth-order valence-corrected chi connectivity index (χ4v) is 1.14. The molecule has 0 radical (unpaired) electrons. The van der Waals surface area contributed by atoms with Gasteiger partial charge in [-0.05, 0) is 40.8 Å². The second kappa shape index (κ2) is 3.17. The van der Waals surface area contributed by atoms with Crippen LogP contribution in [0.2, 0.25) is 0 Å². The Morgan fingerprint density at radius 1 is 1.55 bits per heavy atom. The molecular formula is C7H5FINO. The highest BCUT2D eigenvalue weighted by Crippen LogP contribution is 2.11. The van der Waals surface area contributed by atoms with E-state index in [1.54, 1.807) is 6.07 Å². The number of nitrogens with two attached hydrogens (primary N) is 1. The average Bonchev–Trinajstić information content (AvgIpc) is 1.85. The van der Waals surface area contributed by atoms with Crippen molar-refractivity contribution in [2.24, 2.45) is 5.73 Å². The molecule has 0 unspecified atom stereocenters. The summed E-state index contributed by atoms with van der Waals surface area (Å²) in [6.07, 6.45) is 0. The molecule has 58 valence electrons. The minimum Gasteiger partial charge on any atom is -0.366 e. The van der Waals surface area contributed by atoms with Crippen molar-refractivity contribution in [3.8, 4) is 0 Å². The Labute approximate surface area is 76.7 Å². The second-order valence-corrected chi connectivity index (χ2v) is 3.23. The molecule has 0 aliphatic rings. The highest BCUT2D eigenvalue weighted by Gasteiger charge is 2.06. The lowest BCUT2D eigenvalue weighted by Crippen LogP contribution is -2.12. The summed E-state index contributed by atoms with van der Waals surface area (Å²) >= 11 is 1.95. The third-order valence-electron chi connectivity index (χ3n) is 1.20. The third kappa shape index (κ3) is 1.89. The highest BCUT2D eigenvalue weighted by molar-refractivity contribution is 14.1. The number of primary amides is 1. The van der Waals surface area contributed by atoms with Crippen LogP contribution in [0.1, 0.15) is 10.4 Å². The molecule has 0 atom stereocenters. The zero-order valence-corrected chi connectivity index (χ0v) is 7.63. The highest BCUT2D eigenvalue weighted by atomic mass is 127. The summed E-state index contributed by atoms with van der Waals surface area (Å²) in [4.78, 5) is 10.5. The molecule has 2 N–H and O–H groups in total. The van der Waals surface area contributed by atoms with Gasteiger partial charge in [0.25, 0.3) is 5.91 Å². The van der Waals surface area contributed by atoms with E-state index in [1.807, 2.05) is 22.6 Å². The van der Waals surface area contributed by atoms with E-state index in [0.29, 0.717) is 0 Å². The maximum absolute atomic E-state index is 12.8. The zero-order valence-electron chi connectivity index (χ0n) is 5.47. The van der Waals surface area contributed by atoms with Crippen LogP contribution in [0.5, 0.6) is 0 Å². The summed E-state index contributed by atoms with van der Waals surface area (Å²) < 4.78 is 13.5. The maximum atomic E-state index is 12.8. The maximum Gasteiger partial charge on any atom is 0.251 e. The summed E-state index contributed by atoms with van der Waals surface area (Å²) in [7, 11) is 0. The van der Waals surface area contributed by atoms with Crippen LogP contribution in [-0.4, -0.2) is 5.91 Å². The molecule has 0 spiro atoms. The van der Waals surface area contributed by atoms with E-state index in [4.69, 9.17) is 5.73 Å². The molecule has 0 aromatic heterocycles. The Hall–Kier alpha value is -0.650. The van der Waals surface area contributed by atoms with Crippen LogP contribution in [0.15, 0.2) is 18.2 Å². The number of halogens is 2. The van der Waals surface area contributed by atoms with E-state index in [2.05, 4.69) is 0 Å². The normalized spacial score (nSPS) is 9.64. The van der Waals surface area contributed by atoms with Gasteiger partial charge in [-0.1, -0.05) is 0 Å². The Bertz CT molecular complexity index is 300. The monoisotopic (exact) mass is 265 g/mol. The van der Waals surface area contributed by atoms with Crippen LogP contribution in [0, 0.1) is 9.39 Å². The van der Waals surface area contributed by atoms with Gasteiger partial charge in [-0.3, -0.25) is 4.79 Å². The third-order valence-corrected chi connectivity index (χ3v) is 1.87. The van der Waals surface area contributed by atoms with Crippen LogP contribution in [0.25, 0.3) is 0 Å². The largest absolute Gasteiger partial charge is 0.366 e. The Kier molecular flexibility index (Phi) is 2.43. The molecule has 2 nitrogen and oxygen atoms in total. The van der Waals surface area contributed by atoms with Crippen LogP contribution in [0.3, 0.4) is 0 Å². The van der Waals surface area contributed by atoms with Gasteiger partial charge in [-0.25, -0.2) is 4.39 Å². The predicted octanol–water partition coefficient (Wildman–Crippen LogP) is 1.53. The van der Waals surface area contributed by atoms with Crippen molar-refractivity contribution in [1.82, 2.24) is 0 Å². The van der Waals surface area contributed by atoms with E-state index in [-0.39, 0.29) is 5.56 Å². The number of benzene rings is 1. The fraction of sp³-hybridized carbons (Fsp3) is 0. The number of carbonyl (C=O) groups is 1. The molecule has 0 heterocycles. The number of hydrogen-bond acceptors (Lipinski definition) is 1. The van der Waals surface area contributed by atoms with Crippen molar-refractivity contribution in [3.63, 3.8) is 0 Å². The average molecular weight is 265 g/mol. The van der Waals surface area contributed by atoms with Crippen molar-refractivity contribution >= 4 is 28.5 Å². The summed E-state index contributed by atoms with van der Waals surface area (Å²) in [5.41, 5.74) is 4.82. The smallest absolute Gasteiger partial charge is 0.251 e. The first-order valence-corrected chi connectivity index (χ1v) is 3.94. The second-order valence-electron chi connectivity index (χ2n) is 1.99.